The van der Waals surface area contributed by atoms with Crippen LogP contribution in [-0.2, 0) is 0 Å². The van der Waals surface area contributed by atoms with Gasteiger partial charge in [-0.15, -0.1) is 0 Å². The monoisotopic (exact) mass is 323 g/mol. The average molecular weight is 324 g/mol. The minimum absolute atomic E-state index is 0.0201. The molecule has 0 spiro atoms. The summed E-state index contributed by atoms with van der Waals surface area (Å²) in [5, 5.41) is 12.1. The van der Waals surface area contributed by atoms with Crippen molar-refractivity contribution in [2.75, 3.05) is 5.32 Å². The molecule has 2 rings (SSSR count). The van der Waals surface area contributed by atoms with E-state index < -0.39 is 5.97 Å². The molecule has 0 saturated heterocycles. The molecule has 2 aromatic carbocycles. The lowest BCUT2D eigenvalue weighted by molar-refractivity contribution is 0.0697. The Hall–Kier alpha value is -2.04. The van der Waals surface area contributed by atoms with Gasteiger partial charge in [0.1, 0.15) is 0 Å². The zero-order chi connectivity index (χ0) is 15.6. The van der Waals surface area contributed by atoms with E-state index in [1.165, 1.54) is 18.2 Å². The molecule has 0 atom stereocenters. The molecule has 2 aromatic rings. The summed E-state index contributed by atoms with van der Waals surface area (Å²) in [6.07, 6.45) is 0. The summed E-state index contributed by atoms with van der Waals surface area (Å²) in [6, 6.07) is 9.21. The van der Waals surface area contributed by atoms with E-state index in [1.54, 1.807) is 18.2 Å². The first-order chi connectivity index (χ1) is 9.86. The van der Waals surface area contributed by atoms with Crippen LogP contribution in [-0.4, -0.2) is 17.0 Å². The minimum atomic E-state index is -1.12. The van der Waals surface area contributed by atoms with E-state index >= 15 is 0 Å². The molecule has 0 fully saturated rings. The van der Waals surface area contributed by atoms with Gasteiger partial charge in [-0.1, -0.05) is 23.2 Å². The Morgan fingerprint density at radius 2 is 1.81 bits per heavy atom. The zero-order valence-electron chi connectivity index (χ0n) is 11.0. The normalized spacial score (nSPS) is 10.2. The van der Waals surface area contributed by atoms with Gasteiger partial charge in [-0.05, 0) is 48.9 Å². The smallest absolute Gasteiger partial charge is 0.337 e. The number of hydrogen-bond donors (Lipinski definition) is 2. The molecule has 4 nitrogen and oxygen atoms in total. The maximum atomic E-state index is 12.1. The van der Waals surface area contributed by atoms with E-state index in [2.05, 4.69) is 5.32 Å². The molecule has 2 N–H and O–H groups in total. The standard InChI is InChI=1S/C15H11Cl2NO3/c1-8-4-9(6-10(16)5-8)14(19)18-11-2-3-12(15(20)21)13(17)7-11/h2-7H,1H3,(H,18,19)(H,20,21). The highest BCUT2D eigenvalue weighted by molar-refractivity contribution is 6.34. The molecule has 108 valence electrons. The van der Waals surface area contributed by atoms with Gasteiger partial charge in [0.05, 0.1) is 10.6 Å². The largest absolute Gasteiger partial charge is 0.478 e. The third-order valence-electron chi connectivity index (χ3n) is 2.76. The summed E-state index contributed by atoms with van der Waals surface area (Å²) >= 11 is 11.8. The molecule has 0 aliphatic rings. The average Bonchev–Trinajstić information content (AvgIpc) is 2.37. The van der Waals surface area contributed by atoms with Crippen LogP contribution in [0.5, 0.6) is 0 Å². The number of carbonyl (C=O) groups excluding carboxylic acids is 1. The van der Waals surface area contributed by atoms with Crippen LogP contribution < -0.4 is 5.32 Å². The number of carbonyl (C=O) groups is 2. The van der Waals surface area contributed by atoms with E-state index in [0.717, 1.165) is 5.56 Å². The van der Waals surface area contributed by atoms with Gasteiger partial charge < -0.3 is 10.4 Å². The van der Waals surface area contributed by atoms with E-state index in [9.17, 15) is 9.59 Å². The van der Waals surface area contributed by atoms with Gasteiger partial charge in [0.15, 0.2) is 0 Å². The van der Waals surface area contributed by atoms with Gasteiger partial charge >= 0.3 is 5.97 Å². The molecule has 0 bridgehead atoms. The van der Waals surface area contributed by atoms with Crippen molar-refractivity contribution in [3.05, 3.63) is 63.1 Å². The van der Waals surface area contributed by atoms with Crippen LogP contribution in [0.3, 0.4) is 0 Å². The Labute approximate surface area is 131 Å². The van der Waals surface area contributed by atoms with Crippen LogP contribution in [0.1, 0.15) is 26.3 Å². The fraction of sp³-hybridized carbons (Fsp3) is 0.0667. The van der Waals surface area contributed by atoms with E-state index in [1.807, 2.05) is 6.92 Å². The minimum Gasteiger partial charge on any atom is -0.478 e. The molecular weight excluding hydrogens is 313 g/mol. The summed E-state index contributed by atoms with van der Waals surface area (Å²) < 4.78 is 0. The number of nitrogens with one attached hydrogen (secondary N) is 1. The number of carboxylic acid groups (broad SMARTS) is 1. The predicted octanol–water partition coefficient (Wildman–Crippen LogP) is 4.25. The Balaban J connectivity index is 2.23. The number of aryl methyl sites for hydroxylation is 1. The fourth-order valence-electron chi connectivity index (χ4n) is 1.84. The lowest BCUT2D eigenvalue weighted by atomic mass is 10.1. The number of aromatic carboxylic acids is 1. The van der Waals surface area contributed by atoms with Crippen molar-refractivity contribution in [1.29, 1.82) is 0 Å². The van der Waals surface area contributed by atoms with Crippen LogP contribution in [0.15, 0.2) is 36.4 Å². The molecule has 1 amide bonds. The van der Waals surface area contributed by atoms with Crippen molar-refractivity contribution in [3.8, 4) is 0 Å². The van der Waals surface area contributed by atoms with Crippen LogP contribution in [0.4, 0.5) is 5.69 Å². The molecule has 6 heteroatoms. The Kier molecular flexibility index (Phi) is 4.50. The summed E-state index contributed by atoms with van der Waals surface area (Å²) in [4.78, 5) is 23.0. The van der Waals surface area contributed by atoms with Crippen LogP contribution in [0.25, 0.3) is 0 Å². The van der Waals surface area contributed by atoms with Crippen molar-refractivity contribution in [1.82, 2.24) is 0 Å². The second-order valence-corrected chi connectivity index (χ2v) is 5.31. The molecule has 0 aromatic heterocycles. The number of benzene rings is 2. The van der Waals surface area contributed by atoms with Crippen LogP contribution in [0, 0.1) is 6.92 Å². The van der Waals surface area contributed by atoms with Gasteiger partial charge in [0, 0.05) is 16.3 Å². The first-order valence-corrected chi connectivity index (χ1v) is 6.74. The van der Waals surface area contributed by atoms with Gasteiger partial charge in [-0.25, -0.2) is 4.79 Å². The first kappa shape index (κ1) is 15.4. The zero-order valence-corrected chi connectivity index (χ0v) is 12.5. The highest BCUT2D eigenvalue weighted by Gasteiger charge is 2.12. The predicted molar refractivity (Wildman–Crippen MR) is 82.6 cm³/mol. The Bertz CT molecular complexity index is 709. The summed E-state index contributed by atoms with van der Waals surface area (Å²) in [5.41, 5.74) is 1.67. The topological polar surface area (TPSA) is 66.4 Å². The van der Waals surface area contributed by atoms with Crippen molar-refractivity contribution >= 4 is 40.8 Å². The van der Waals surface area contributed by atoms with E-state index in [4.69, 9.17) is 28.3 Å². The summed E-state index contributed by atoms with van der Waals surface area (Å²) in [6.45, 7) is 1.83. The summed E-state index contributed by atoms with van der Waals surface area (Å²) in [7, 11) is 0. The molecular formula is C15H11Cl2NO3. The second-order valence-electron chi connectivity index (χ2n) is 4.47. The van der Waals surface area contributed by atoms with Gasteiger partial charge in [-0.3, -0.25) is 4.79 Å². The third kappa shape index (κ3) is 3.74. The lowest BCUT2D eigenvalue weighted by Gasteiger charge is -2.08. The molecule has 0 radical (unpaired) electrons. The molecule has 0 aliphatic heterocycles. The molecule has 0 saturated carbocycles. The Morgan fingerprint density at radius 1 is 1.10 bits per heavy atom. The molecule has 21 heavy (non-hydrogen) atoms. The number of amides is 1. The maximum absolute atomic E-state index is 12.1. The van der Waals surface area contributed by atoms with Crippen LogP contribution in [0.2, 0.25) is 10.0 Å². The number of carboxylic acids is 1. The first-order valence-electron chi connectivity index (χ1n) is 5.98. The Morgan fingerprint density at radius 3 is 2.38 bits per heavy atom. The van der Waals surface area contributed by atoms with Gasteiger partial charge in [-0.2, -0.15) is 0 Å². The number of anilines is 1. The number of hydrogen-bond acceptors (Lipinski definition) is 2. The highest BCUT2D eigenvalue weighted by Crippen LogP contribution is 2.22. The molecule has 0 heterocycles. The summed E-state index contributed by atoms with van der Waals surface area (Å²) in [5.74, 6) is -1.47. The molecule has 0 unspecified atom stereocenters. The quantitative estimate of drug-likeness (QED) is 0.887. The van der Waals surface area contributed by atoms with Gasteiger partial charge in [0.25, 0.3) is 5.91 Å². The number of halogens is 2. The van der Waals surface area contributed by atoms with E-state index in [0.29, 0.717) is 16.3 Å². The molecule has 0 aliphatic carbocycles. The second kappa shape index (κ2) is 6.16. The van der Waals surface area contributed by atoms with Crippen molar-refractivity contribution < 1.29 is 14.7 Å². The lowest BCUT2D eigenvalue weighted by Crippen LogP contribution is -2.12. The van der Waals surface area contributed by atoms with Gasteiger partial charge in [0.2, 0.25) is 0 Å². The third-order valence-corrected chi connectivity index (χ3v) is 3.29. The fourth-order valence-corrected chi connectivity index (χ4v) is 2.39. The van der Waals surface area contributed by atoms with E-state index in [-0.39, 0.29) is 16.5 Å². The van der Waals surface area contributed by atoms with Crippen molar-refractivity contribution in [3.63, 3.8) is 0 Å². The van der Waals surface area contributed by atoms with Crippen LogP contribution >= 0.6 is 23.2 Å². The maximum Gasteiger partial charge on any atom is 0.337 e. The number of rotatable bonds is 3. The SMILES string of the molecule is Cc1cc(Cl)cc(C(=O)Nc2ccc(C(=O)O)c(Cl)c2)c1. The van der Waals surface area contributed by atoms with Crippen molar-refractivity contribution in [2.24, 2.45) is 0 Å². The highest BCUT2D eigenvalue weighted by atomic mass is 35.5. The van der Waals surface area contributed by atoms with Crippen molar-refractivity contribution in [2.45, 2.75) is 6.92 Å².